The van der Waals surface area contributed by atoms with Crippen molar-refractivity contribution in [3.63, 3.8) is 0 Å². The third kappa shape index (κ3) is 6.79. The minimum atomic E-state index is -0.501. The highest BCUT2D eigenvalue weighted by atomic mass is 35.5. The summed E-state index contributed by atoms with van der Waals surface area (Å²) in [6, 6.07) is 16.3. The molecule has 1 amide bonds. The molecule has 1 aliphatic heterocycles. The Balaban J connectivity index is 1.48. The number of carbonyl (C=O) groups excluding carboxylic acids is 1. The highest BCUT2D eigenvalue weighted by molar-refractivity contribution is 8.39. The number of nitro groups is 1. The van der Waals surface area contributed by atoms with Gasteiger partial charge in [0.2, 0.25) is 0 Å². The number of benzene rings is 3. The quantitative estimate of drug-likeness (QED) is 0.193. The van der Waals surface area contributed by atoms with Gasteiger partial charge in [0, 0.05) is 44.0 Å². The van der Waals surface area contributed by atoms with Crippen LogP contribution in [0, 0.1) is 10.1 Å². The first-order valence-electron chi connectivity index (χ1n) is 10.5. The maximum atomic E-state index is 12.8. The van der Waals surface area contributed by atoms with Gasteiger partial charge in [-0.2, -0.15) is 5.10 Å². The number of nitrogens with zero attached hydrogens (tertiary/aromatic N) is 3. The zero-order chi connectivity index (χ0) is 25.5. The number of halogens is 2. The number of para-hydroxylation sites is 1. The number of thioether (sulfide) groups is 2. The summed E-state index contributed by atoms with van der Waals surface area (Å²) in [5, 5.41) is 16.3. The van der Waals surface area contributed by atoms with Gasteiger partial charge in [-0.25, -0.2) is 5.43 Å². The van der Waals surface area contributed by atoms with Crippen LogP contribution in [-0.4, -0.2) is 33.7 Å². The van der Waals surface area contributed by atoms with Crippen LogP contribution in [0.25, 0.3) is 0 Å². The topological polar surface area (TPSA) is 106 Å². The molecule has 0 fully saturated rings. The summed E-state index contributed by atoms with van der Waals surface area (Å²) < 4.78 is 6.71. The van der Waals surface area contributed by atoms with E-state index in [-0.39, 0.29) is 17.9 Å². The van der Waals surface area contributed by atoms with Gasteiger partial charge in [-0.05, 0) is 30.3 Å². The van der Waals surface area contributed by atoms with Crippen molar-refractivity contribution in [1.29, 1.82) is 0 Å². The Hall–Kier alpha value is -3.05. The number of rotatable bonds is 8. The number of amides is 1. The summed E-state index contributed by atoms with van der Waals surface area (Å²) in [5.74, 6) is 0.749. The van der Waals surface area contributed by atoms with Crippen molar-refractivity contribution in [2.45, 2.75) is 11.5 Å². The van der Waals surface area contributed by atoms with Crippen LogP contribution in [0.2, 0.25) is 10.0 Å². The highest BCUT2D eigenvalue weighted by Gasteiger charge is 2.16. The average molecular weight is 561 g/mol. The molecule has 0 bridgehead atoms. The van der Waals surface area contributed by atoms with Crippen molar-refractivity contribution < 1.29 is 14.5 Å². The number of nitro benzene ring substituents is 1. The monoisotopic (exact) mass is 560 g/mol. The molecule has 0 unspecified atom stereocenters. The predicted octanol–water partition coefficient (Wildman–Crippen LogP) is 6.44. The van der Waals surface area contributed by atoms with E-state index >= 15 is 0 Å². The number of hydrogen-bond donors (Lipinski definition) is 1. The van der Waals surface area contributed by atoms with E-state index in [0.29, 0.717) is 21.4 Å². The third-order valence-electron chi connectivity index (χ3n) is 4.86. The first-order valence-corrected chi connectivity index (χ1v) is 13.1. The predicted molar refractivity (Wildman–Crippen MR) is 146 cm³/mol. The summed E-state index contributed by atoms with van der Waals surface area (Å²) in [6.07, 6.45) is 1.38. The molecule has 1 heterocycles. The van der Waals surface area contributed by atoms with Gasteiger partial charge in [0.05, 0.1) is 23.2 Å². The van der Waals surface area contributed by atoms with Crippen LogP contribution in [0.1, 0.15) is 21.5 Å². The van der Waals surface area contributed by atoms with Crippen molar-refractivity contribution in [2.24, 2.45) is 10.1 Å². The van der Waals surface area contributed by atoms with Gasteiger partial charge in [-0.3, -0.25) is 19.9 Å². The first kappa shape index (κ1) is 26.0. The fourth-order valence-corrected chi connectivity index (χ4v) is 5.58. The molecule has 0 atom stereocenters. The number of non-ortho nitro benzene ring substituents is 1. The molecule has 3 aromatic carbocycles. The van der Waals surface area contributed by atoms with Crippen molar-refractivity contribution in [2.75, 3.05) is 12.3 Å². The van der Waals surface area contributed by atoms with Gasteiger partial charge in [0.15, 0.2) is 0 Å². The summed E-state index contributed by atoms with van der Waals surface area (Å²) in [6.45, 7) is 0.880. The van der Waals surface area contributed by atoms with E-state index in [1.54, 1.807) is 60.3 Å². The van der Waals surface area contributed by atoms with Gasteiger partial charge in [-0.1, -0.05) is 64.9 Å². The molecule has 4 rings (SSSR count). The van der Waals surface area contributed by atoms with Crippen molar-refractivity contribution in [3.8, 4) is 5.75 Å². The van der Waals surface area contributed by atoms with Gasteiger partial charge < -0.3 is 4.74 Å². The number of hydrogen-bond acceptors (Lipinski definition) is 8. The molecule has 0 spiro atoms. The van der Waals surface area contributed by atoms with Gasteiger partial charge in [0.1, 0.15) is 16.7 Å². The lowest BCUT2D eigenvalue weighted by atomic mass is 10.2. The van der Waals surface area contributed by atoms with Crippen molar-refractivity contribution in [1.82, 2.24) is 5.43 Å². The molecular weight excluding hydrogens is 543 g/mol. The molecular formula is C24H18Cl2N4O4S2. The second kappa shape index (κ2) is 12.3. The number of ether oxygens (including phenoxy) is 1. The average Bonchev–Trinajstić information content (AvgIpc) is 3.37. The molecule has 1 aliphatic rings. The maximum Gasteiger partial charge on any atom is 0.275 e. The fraction of sp³-hybridized carbons (Fsp3) is 0.125. The Morgan fingerprint density at radius 2 is 2.06 bits per heavy atom. The lowest BCUT2D eigenvalue weighted by molar-refractivity contribution is -0.384. The van der Waals surface area contributed by atoms with E-state index < -0.39 is 10.8 Å². The lowest BCUT2D eigenvalue weighted by Gasteiger charge is -2.11. The van der Waals surface area contributed by atoms with Gasteiger partial charge >= 0.3 is 0 Å². The summed E-state index contributed by atoms with van der Waals surface area (Å²) in [7, 11) is 0. The Morgan fingerprint density at radius 1 is 1.22 bits per heavy atom. The molecule has 36 heavy (non-hydrogen) atoms. The Kier molecular flexibility index (Phi) is 8.87. The second-order valence-electron chi connectivity index (χ2n) is 7.30. The van der Waals surface area contributed by atoms with Crippen LogP contribution >= 0.6 is 46.7 Å². The van der Waals surface area contributed by atoms with E-state index in [2.05, 4.69) is 15.5 Å². The second-order valence-corrected chi connectivity index (χ2v) is 10.5. The normalized spacial score (nSPS) is 13.0. The molecule has 0 saturated heterocycles. The number of carbonyl (C=O) groups is 1. The summed E-state index contributed by atoms with van der Waals surface area (Å²) >= 11 is 15.2. The zero-order valence-electron chi connectivity index (χ0n) is 18.5. The largest absolute Gasteiger partial charge is 0.488 e. The smallest absolute Gasteiger partial charge is 0.275 e. The fourth-order valence-electron chi connectivity index (χ4n) is 3.11. The van der Waals surface area contributed by atoms with Crippen LogP contribution in [-0.2, 0) is 6.61 Å². The van der Waals surface area contributed by atoms with E-state index in [9.17, 15) is 14.9 Å². The standard InChI is InChI=1S/C24H18Cl2N4O4S2/c25-17-6-5-15(20(26)12-17)14-34-21-4-2-1-3-19(21)23(31)29-28-13-16-11-18(30(32)33)7-8-22(16)36-24-27-9-10-35-24/h1-8,11-13H,9-10,14H2,(H,29,31)/b28-13+. The molecule has 12 heteroatoms. The Morgan fingerprint density at radius 3 is 2.81 bits per heavy atom. The van der Waals surface area contributed by atoms with Crippen LogP contribution in [0.4, 0.5) is 5.69 Å². The molecule has 0 radical (unpaired) electrons. The van der Waals surface area contributed by atoms with Crippen molar-refractivity contribution >= 4 is 68.9 Å². The minimum absolute atomic E-state index is 0.0762. The van der Waals surface area contributed by atoms with Crippen LogP contribution in [0.3, 0.4) is 0 Å². The molecule has 8 nitrogen and oxygen atoms in total. The van der Waals surface area contributed by atoms with Crippen molar-refractivity contribution in [3.05, 3.63) is 97.5 Å². The molecule has 0 aromatic heterocycles. The highest BCUT2D eigenvalue weighted by Crippen LogP contribution is 2.32. The molecule has 0 aliphatic carbocycles. The van der Waals surface area contributed by atoms with E-state index in [1.807, 2.05) is 0 Å². The third-order valence-corrected chi connectivity index (χ3v) is 7.71. The SMILES string of the molecule is O=C(N/N=C/c1cc([N+](=O)[O-])ccc1SC1=NCCS1)c1ccccc1OCc1ccc(Cl)cc1Cl. The first-order chi connectivity index (χ1) is 17.4. The van der Waals surface area contributed by atoms with E-state index in [4.69, 9.17) is 27.9 Å². The van der Waals surface area contributed by atoms with E-state index in [0.717, 1.165) is 27.1 Å². The Labute approximate surface area is 225 Å². The van der Waals surface area contributed by atoms with Crippen LogP contribution in [0.5, 0.6) is 5.75 Å². The Bertz CT molecular complexity index is 1370. The lowest BCUT2D eigenvalue weighted by Crippen LogP contribution is -2.18. The van der Waals surface area contributed by atoms with Gasteiger partial charge in [0.25, 0.3) is 11.6 Å². The maximum absolute atomic E-state index is 12.8. The number of aliphatic imine (C=N–C) groups is 1. The molecule has 3 aromatic rings. The molecule has 0 saturated carbocycles. The molecule has 1 N–H and O–H groups in total. The van der Waals surface area contributed by atoms with Crippen LogP contribution in [0.15, 0.2) is 75.7 Å². The van der Waals surface area contributed by atoms with Gasteiger partial charge in [-0.15, -0.1) is 0 Å². The zero-order valence-corrected chi connectivity index (χ0v) is 21.7. The molecule has 184 valence electrons. The summed E-state index contributed by atoms with van der Waals surface area (Å²) in [5.41, 5.74) is 3.87. The van der Waals surface area contributed by atoms with Crippen LogP contribution < -0.4 is 10.2 Å². The number of nitrogens with one attached hydrogen (secondary N) is 1. The summed E-state index contributed by atoms with van der Waals surface area (Å²) in [4.78, 5) is 28.7. The van der Waals surface area contributed by atoms with E-state index in [1.165, 1.54) is 30.1 Å². The number of hydrazone groups is 1. The minimum Gasteiger partial charge on any atom is -0.488 e.